The van der Waals surface area contributed by atoms with Gasteiger partial charge in [-0.15, -0.1) is 0 Å². The Bertz CT molecular complexity index is 189. The molecule has 0 heterocycles. The summed E-state index contributed by atoms with van der Waals surface area (Å²) in [5.74, 6) is -0.750. The first-order chi connectivity index (χ1) is 5.77. The molecule has 2 unspecified atom stereocenters. The summed E-state index contributed by atoms with van der Waals surface area (Å²) in [4.78, 5) is 11.0. The van der Waals surface area contributed by atoms with E-state index >= 15 is 0 Å². The van der Waals surface area contributed by atoms with E-state index < -0.39 is 11.4 Å². The zero-order chi connectivity index (χ0) is 10.7. The maximum atomic E-state index is 11.0. The van der Waals surface area contributed by atoms with Crippen LogP contribution in [0.2, 0.25) is 0 Å². The average Bonchev–Trinajstić information content (AvgIpc) is 2.03. The number of hydrogen-bond donors (Lipinski definition) is 2. The van der Waals surface area contributed by atoms with Crippen LogP contribution in [0.5, 0.6) is 0 Å². The van der Waals surface area contributed by atoms with E-state index in [1.54, 1.807) is 6.92 Å². The van der Waals surface area contributed by atoms with E-state index in [4.69, 9.17) is 10.8 Å². The van der Waals surface area contributed by atoms with Gasteiger partial charge in [0, 0.05) is 5.54 Å². The van der Waals surface area contributed by atoms with E-state index in [0.717, 1.165) is 6.42 Å². The molecule has 0 aromatic carbocycles. The van der Waals surface area contributed by atoms with E-state index in [2.05, 4.69) is 0 Å². The van der Waals surface area contributed by atoms with Gasteiger partial charge in [0.1, 0.15) is 0 Å². The van der Waals surface area contributed by atoms with Gasteiger partial charge in [-0.25, -0.2) is 0 Å². The molecule has 78 valence electrons. The number of hydrogen-bond acceptors (Lipinski definition) is 2. The highest BCUT2D eigenvalue weighted by molar-refractivity contribution is 5.74. The lowest BCUT2D eigenvalue weighted by atomic mass is 9.75. The van der Waals surface area contributed by atoms with Crippen molar-refractivity contribution in [1.29, 1.82) is 0 Å². The van der Waals surface area contributed by atoms with Crippen LogP contribution in [0, 0.1) is 5.41 Å². The summed E-state index contributed by atoms with van der Waals surface area (Å²) < 4.78 is 0. The van der Waals surface area contributed by atoms with Crippen LogP contribution in [0.4, 0.5) is 0 Å². The highest BCUT2D eigenvalue weighted by Crippen LogP contribution is 2.32. The van der Waals surface area contributed by atoms with E-state index in [1.165, 1.54) is 0 Å². The van der Waals surface area contributed by atoms with Crippen molar-refractivity contribution in [3.63, 3.8) is 0 Å². The van der Waals surface area contributed by atoms with Gasteiger partial charge in [-0.05, 0) is 33.1 Å². The molecular weight excluding hydrogens is 166 g/mol. The molecule has 0 aliphatic carbocycles. The molecule has 3 heteroatoms. The molecule has 0 saturated heterocycles. The molecule has 0 radical (unpaired) electrons. The van der Waals surface area contributed by atoms with E-state index in [0.29, 0.717) is 12.8 Å². The van der Waals surface area contributed by atoms with Gasteiger partial charge >= 0.3 is 5.97 Å². The van der Waals surface area contributed by atoms with Crippen LogP contribution < -0.4 is 5.73 Å². The number of carbonyl (C=O) groups is 1. The van der Waals surface area contributed by atoms with Crippen molar-refractivity contribution in [3.05, 3.63) is 0 Å². The maximum absolute atomic E-state index is 11.0. The van der Waals surface area contributed by atoms with Crippen molar-refractivity contribution in [2.24, 2.45) is 11.1 Å². The Morgan fingerprint density at radius 2 is 1.77 bits per heavy atom. The average molecular weight is 187 g/mol. The Hall–Kier alpha value is -0.570. The first-order valence-corrected chi connectivity index (χ1v) is 4.79. The van der Waals surface area contributed by atoms with Gasteiger partial charge in [0.25, 0.3) is 0 Å². The SMILES string of the molecule is CCC(C)(N)CC(C)(CC)C(=O)O. The van der Waals surface area contributed by atoms with Crippen LogP contribution in [0.25, 0.3) is 0 Å². The highest BCUT2D eigenvalue weighted by atomic mass is 16.4. The molecule has 0 rings (SSSR count). The fraction of sp³-hybridized carbons (Fsp3) is 0.900. The van der Waals surface area contributed by atoms with Crippen LogP contribution in [0.3, 0.4) is 0 Å². The third kappa shape index (κ3) is 3.35. The molecule has 13 heavy (non-hydrogen) atoms. The molecule has 0 bridgehead atoms. The zero-order valence-electron chi connectivity index (χ0n) is 9.05. The second kappa shape index (κ2) is 4.09. The van der Waals surface area contributed by atoms with E-state index in [-0.39, 0.29) is 5.54 Å². The number of rotatable bonds is 5. The summed E-state index contributed by atoms with van der Waals surface area (Å²) in [7, 11) is 0. The lowest BCUT2D eigenvalue weighted by molar-refractivity contribution is -0.149. The number of nitrogens with two attached hydrogens (primary N) is 1. The van der Waals surface area contributed by atoms with Crippen molar-refractivity contribution in [2.45, 2.75) is 52.5 Å². The van der Waals surface area contributed by atoms with Crippen LogP contribution in [-0.2, 0) is 4.79 Å². The van der Waals surface area contributed by atoms with Crippen LogP contribution in [0.1, 0.15) is 47.0 Å². The van der Waals surface area contributed by atoms with Crippen molar-refractivity contribution in [1.82, 2.24) is 0 Å². The fourth-order valence-corrected chi connectivity index (χ4v) is 1.37. The molecular formula is C10H21NO2. The lowest BCUT2D eigenvalue weighted by Gasteiger charge is -2.33. The van der Waals surface area contributed by atoms with Crippen molar-refractivity contribution in [2.75, 3.05) is 0 Å². The number of carboxylic acid groups (broad SMARTS) is 1. The summed E-state index contributed by atoms with van der Waals surface area (Å²) in [6.07, 6.45) is 1.95. The predicted octanol–water partition coefficient (Wildman–Crippen LogP) is 2.00. The quantitative estimate of drug-likeness (QED) is 0.692. The molecule has 0 fully saturated rings. The molecule has 2 atom stereocenters. The topological polar surface area (TPSA) is 63.3 Å². The van der Waals surface area contributed by atoms with Crippen molar-refractivity contribution in [3.8, 4) is 0 Å². The molecule has 0 spiro atoms. The second-order valence-electron chi connectivity index (χ2n) is 4.40. The van der Waals surface area contributed by atoms with Gasteiger partial charge in [0.15, 0.2) is 0 Å². The van der Waals surface area contributed by atoms with Crippen molar-refractivity contribution < 1.29 is 9.90 Å². The molecule has 3 nitrogen and oxygen atoms in total. The largest absolute Gasteiger partial charge is 0.481 e. The normalized spacial score (nSPS) is 20.4. The van der Waals surface area contributed by atoms with Gasteiger partial charge in [-0.1, -0.05) is 13.8 Å². The van der Waals surface area contributed by atoms with Crippen LogP contribution in [0.15, 0.2) is 0 Å². The Balaban J connectivity index is 4.54. The van der Waals surface area contributed by atoms with Gasteiger partial charge in [0.05, 0.1) is 5.41 Å². The standard InChI is InChI=1S/C10H21NO2/c1-5-9(3,8(12)13)7-10(4,11)6-2/h5-7,11H2,1-4H3,(H,12,13). The van der Waals surface area contributed by atoms with Gasteiger partial charge in [0.2, 0.25) is 0 Å². The summed E-state index contributed by atoms with van der Waals surface area (Å²) >= 11 is 0. The Kier molecular flexibility index (Phi) is 3.91. The Labute approximate surface area is 80.3 Å². The molecule has 0 saturated carbocycles. The smallest absolute Gasteiger partial charge is 0.309 e. The lowest BCUT2D eigenvalue weighted by Crippen LogP contribution is -2.43. The van der Waals surface area contributed by atoms with E-state index in [9.17, 15) is 4.79 Å². The highest BCUT2D eigenvalue weighted by Gasteiger charge is 2.36. The summed E-state index contributed by atoms with van der Waals surface area (Å²) in [5, 5.41) is 9.04. The Morgan fingerprint density at radius 3 is 2.00 bits per heavy atom. The number of carboxylic acids is 1. The predicted molar refractivity (Wildman–Crippen MR) is 53.5 cm³/mol. The molecule has 0 amide bonds. The van der Waals surface area contributed by atoms with Crippen LogP contribution >= 0.6 is 0 Å². The van der Waals surface area contributed by atoms with E-state index in [1.807, 2.05) is 20.8 Å². The van der Waals surface area contributed by atoms with Gasteiger partial charge in [-0.3, -0.25) is 4.79 Å². The third-order valence-electron chi connectivity index (χ3n) is 2.90. The summed E-state index contributed by atoms with van der Waals surface area (Å²) in [6, 6.07) is 0. The molecule has 0 aromatic rings. The fourth-order valence-electron chi connectivity index (χ4n) is 1.37. The minimum absolute atomic E-state index is 0.372. The molecule has 3 N–H and O–H groups in total. The molecule has 0 aromatic heterocycles. The zero-order valence-corrected chi connectivity index (χ0v) is 9.05. The first-order valence-electron chi connectivity index (χ1n) is 4.79. The minimum atomic E-state index is -0.750. The maximum Gasteiger partial charge on any atom is 0.309 e. The molecule has 0 aliphatic heterocycles. The van der Waals surface area contributed by atoms with Crippen LogP contribution in [-0.4, -0.2) is 16.6 Å². The number of aliphatic carboxylic acids is 1. The third-order valence-corrected chi connectivity index (χ3v) is 2.90. The second-order valence-corrected chi connectivity index (χ2v) is 4.40. The monoisotopic (exact) mass is 187 g/mol. The van der Waals surface area contributed by atoms with Gasteiger partial charge < -0.3 is 10.8 Å². The summed E-state index contributed by atoms with van der Waals surface area (Å²) in [5.41, 5.74) is 4.90. The summed E-state index contributed by atoms with van der Waals surface area (Å²) in [6.45, 7) is 7.54. The molecule has 0 aliphatic rings. The minimum Gasteiger partial charge on any atom is -0.481 e. The Morgan fingerprint density at radius 1 is 1.31 bits per heavy atom. The van der Waals surface area contributed by atoms with Gasteiger partial charge in [-0.2, -0.15) is 0 Å². The first kappa shape index (κ1) is 12.4. The van der Waals surface area contributed by atoms with Crippen molar-refractivity contribution >= 4 is 5.97 Å².